The van der Waals surface area contributed by atoms with Gasteiger partial charge < -0.3 is 14.6 Å². The van der Waals surface area contributed by atoms with E-state index < -0.39 is 0 Å². The summed E-state index contributed by atoms with van der Waals surface area (Å²) in [5.41, 5.74) is 1.92. The largest absolute Gasteiger partial charge is 0.383 e. The Kier molecular flexibility index (Phi) is 6.17. The lowest BCUT2D eigenvalue weighted by Crippen LogP contribution is -2.29. The monoisotopic (exact) mass is 306 g/mol. The van der Waals surface area contributed by atoms with Crippen molar-refractivity contribution in [3.05, 3.63) is 45.6 Å². The highest BCUT2D eigenvalue weighted by Crippen LogP contribution is 2.23. The van der Waals surface area contributed by atoms with Crippen molar-refractivity contribution in [3.8, 4) is 10.6 Å². The first-order chi connectivity index (χ1) is 10.3. The smallest absolute Gasteiger partial charge is 0.255 e. The van der Waals surface area contributed by atoms with Crippen LogP contribution < -0.4 is 10.9 Å². The molecule has 0 unspecified atom stereocenters. The van der Waals surface area contributed by atoms with E-state index in [9.17, 15) is 4.79 Å². The molecule has 2 rings (SSSR count). The molecule has 5 heteroatoms. The van der Waals surface area contributed by atoms with E-state index >= 15 is 0 Å². The maximum atomic E-state index is 12.6. The number of pyridine rings is 1. The third-order valence-corrected chi connectivity index (χ3v) is 4.16. The maximum Gasteiger partial charge on any atom is 0.255 e. The van der Waals surface area contributed by atoms with Crippen LogP contribution in [0.4, 0.5) is 0 Å². The number of hydrogen-bond acceptors (Lipinski definition) is 4. The number of hydrogen-bond donors (Lipinski definition) is 1. The second kappa shape index (κ2) is 8.12. The van der Waals surface area contributed by atoms with Crippen LogP contribution in [-0.2, 0) is 17.8 Å². The number of nitrogens with zero attached hydrogens (tertiary/aromatic N) is 1. The molecule has 0 amide bonds. The van der Waals surface area contributed by atoms with Gasteiger partial charge in [-0.25, -0.2) is 0 Å². The van der Waals surface area contributed by atoms with Crippen molar-refractivity contribution in [2.75, 3.05) is 20.3 Å². The molecule has 0 aliphatic carbocycles. The van der Waals surface area contributed by atoms with Crippen molar-refractivity contribution in [1.29, 1.82) is 0 Å². The Morgan fingerprint density at radius 1 is 1.33 bits per heavy atom. The molecule has 2 aromatic heterocycles. The van der Waals surface area contributed by atoms with Gasteiger partial charge in [0.05, 0.1) is 17.2 Å². The zero-order valence-electron chi connectivity index (χ0n) is 12.6. The minimum Gasteiger partial charge on any atom is -0.383 e. The number of thiophene rings is 1. The van der Waals surface area contributed by atoms with Crippen LogP contribution in [0.25, 0.3) is 10.6 Å². The highest BCUT2D eigenvalue weighted by Gasteiger charge is 2.10. The van der Waals surface area contributed by atoms with E-state index in [1.54, 1.807) is 18.4 Å². The fourth-order valence-corrected chi connectivity index (χ4v) is 3.00. The van der Waals surface area contributed by atoms with Crippen molar-refractivity contribution in [1.82, 2.24) is 9.88 Å². The van der Waals surface area contributed by atoms with Gasteiger partial charge in [-0.2, -0.15) is 0 Å². The Bertz CT molecular complexity index is 605. The van der Waals surface area contributed by atoms with Gasteiger partial charge in [0.1, 0.15) is 0 Å². The molecule has 0 radical (unpaired) electrons. The van der Waals surface area contributed by atoms with Crippen LogP contribution in [0.1, 0.15) is 18.9 Å². The minimum atomic E-state index is 0.104. The molecule has 0 spiro atoms. The standard InChI is InChI=1S/C16H22N2O2S/c1-3-9-18-14(15-5-4-11-21-15)7-6-13(16(18)19)12-17-8-10-20-2/h4-7,11,17H,3,8-10,12H2,1-2H3. The zero-order chi connectivity index (χ0) is 15.1. The van der Waals surface area contributed by atoms with Crippen LogP contribution >= 0.6 is 11.3 Å². The third-order valence-electron chi connectivity index (χ3n) is 3.27. The van der Waals surface area contributed by atoms with E-state index in [1.807, 2.05) is 22.1 Å². The highest BCUT2D eigenvalue weighted by atomic mass is 32.1. The fourth-order valence-electron chi connectivity index (χ4n) is 2.24. The molecule has 4 nitrogen and oxygen atoms in total. The zero-order valence-corrected chi connectivity index (χ0v) is 13.4. The van der Waals surface area contributed by atoms with E-state index in [1.165, 1.54) is 0 Å². The normalized spacial score (nSPS) is 11.0. The van der Waals surface area contributed by atoms with Crippen LogP contribution in [0.15, 0.2) is 34.4 Å². The molecule has 0 saturated heterocycles. The van der Waals surface area contributed by atoms with Crippen molar-refractivity contribution in [3.63, 3.8) is 0 Å². The van der Waals surface area contributed by atoms with Gasteiger partial charge in [-0.1, -0.05) is 19.1 Å². The summed E-state index contributed by atoms with van der Waals surface area (Å²) in [7, 11) is 1.67. The van der Waals surface area contributed by atoms with Crippen LogP contribution in [0.5, 0.6) is 0 Å². The van der Waals surface area contributed by atoms with E-state index in [2.05, 4.69) is 24.4 Å². The number of methoxy groups -OCH3 is 1. The lowest BCUT2D eigenvalue weighted by molar-refractivity contribution is 0.199. The molecule has 0 aliphatic rings. The summed E-state index contributed by atoms with van der Waals surface area (Å²) >= 11 is 1.66. The first-order valence-corrected chi connectivity index (χ1v) is 8.12. The quantitative estimate of drug-likeness (QED) is 0.763. The molecule has 2 aromatic rings. The Hall–Kier alpha value is -1.43. The predicted octanol–water partition coefficient (Wildman–Crippen LogP) is 2.72. The molecular weight excluding hydrogens is 284 g/mol. The second-order valence-corrected chi connectivity index (χ2v) is 5.80. The molecule has 0 aromatic carbocycles. The summed E-state index contributed by atoms with van der Waals surface area (Å²) in [6.07, 6.45) is 0.943. The lowest BCUT2D eigenvalue weighted by Gasteiger charge is -2.13. The molecule has 2 heterocycles. The summed E-state index contributed by atoms with van der Waals surface area (Å²) < 4.78 is 6.88. The Morgan fingerprint density at radius 3 is 2.86 bits per heavy atom. The van der Waals surface area contributed by atoms with Crippen LogP contribution in [0.2, 0.25) is 0 Å². The van der Waals surface area contributed by atoms with E-state index in [-0.39, 0.29) is 5.56 Å². The topological polar surface area (TPSA) is 43.3 Å². The van der Waals surface area contributed by atoms with Crippen LogP contribution in [0.3, 0.4) is 0 Å². The Balaban J connectivity index is 2.25. The predicted molar refractivity (Wildman–Crippen MR) is 87.9 cm³/mol. The molecule has 21 heavy (non-hydrogen) atoms. The molecule has 0 bridgehead atoms. The average Bonchev–Trinajstić information content (AvgIpc) is 3.01. The van der Waals surface area contributed by atoms with Crippen molar-refractivity contribution in [2.24, 2.45) is 0 Å². The number of ether oxygens (including phenoxy) is 1. The molecular formula is C16H22N2O2S. The number of aromatic nitrogens is 1. The van der Waals surface area contributed by atoms with Gasteiger partial charge in [0.15, 0.2) is 0 Å². The van der Waals surface area contributed by atoms with Gasteiger partial charge in [0.2, 0.25) is 0 Å². The summed E-state index contributed by atoms with van der Waals surface area (Å²) in [5, 5.41) is 5.27. The first-order valence-electron chi connectivity index (χ1n) is 7.24. The van der Waals surface area contributed by atoms with Gasteiger partial charge in [0.25, 0.3) is 5.56 Å². The third kappa shape index (κ3) is 4.03. The van der Waals surface area contributed by atoms with Crippen LogP contribution in [0, 0.1) is 0 Å². The van der Waals surface area contributed by atoms with Gasteiger partial charge in [-0.05, 0) is 23.9 Å². The minimum absolute atomic E-state index is 0.104. The molecule has 114 valence electrons. The van der Waals surface area contributed by atoms with Crippen molar-refractivity contribution >= 4 is 11.3 Å². The maximum absolute atomic E-state index is 12.6. The van der Waals surface area contributed by atoms with Gasteiger partial charge >= 0.3 is 0 Å². The van der Waals surface area contributed by atoms with Crippen molar-refractivity contribution in [2.45, 2.75) is 26.4 Å². The van der Waals surface area contributed by atoms with E-state index in [0.29, 0.717) is 13.2 Å². The van der Waals surface area contributed by atoms with Gasteiger partial charge in [0, 0.05) is 32.3 Å². The highest BCUT2D eigenvalue weighted by molar-refractivity contribution is 7.13. The Morgan fingerprint density at radius 2 is 2.19 bits per heavy atom. The Labute approximate surface area is 129 Å². The molecule has 0 atom stereocenters. The molecule has 0 fully saturated rings. The van der Waals surface area contributed by atoms with E-state index in [4.69, 9.17) is 4.74 Å². The second-order valence-electron chi connectivity index (χ2n) is 4.85. The van der Waals surface area contributed by atoms with Crippen molar-refractivity contribution < 1.29 is 4.74 Å². The lowest BCUT2D eigenvalue weighted by atomic mass is 10.2. The first kappa shape index (κ1) is 15.9. The number of nitrogens with one attached hydrogen (secondary N) is 1. The van der Waals surface area contributed by atoms with Crippen LogP contribution in [-0.4, -0.2) is 24.8 Å². The van der Waals surface area contributed by atoms with E-state index in [0.717, 1.165) is 35.6 Å². The summed E-state index contributed by atoms with van der Waals surface area (Å²) in [4.78, 5) is 13.8. The SMILES string of the molecule is CCCn1c(-c2cccs2)ccc(CNCCOC)c1=O. The summed E-state index contributed by atoms with van der Waals surface area (Å²) in [5.74, 6) is 0. The fraction of sp³-hybridized carbons (Fsp3) is 0.438. The molecule has 0 aliphatic heterocycles. The summed E-state index contributed by atoms with van der Waals surface area (Å²) in [6, 6.07) is 8.06. The molecule has 1 N–H and O–H groups in total. The summed E-state index contributed by atoms with van der Waals surface area (Å²) in [6.45, 7) is 4.82. The average molecular weight is 306 g/mol. The van der Waals surface area contributed by atoms with Gasteiger partial charge in [-0.15, -0.1) is 11.3 Å². The number of rotatable bonds is 8. The van der Waals surface area contributed by atoms with Gasteiger partial charge in [-0.3, -0.25) is 4.79 Å². The molecule has 0 saturated carbocycles.